The molecule has 0 radical (unpaired) electrons. The van der Waals surface area contributed by atoms with Gasteiger partial charge in [-0.25, -0.2) is 4.68 Å². The molecule has 0 bridgehead atoms. The van der Waals surface area contributed by atoms with E-state index in [0.29, 0.717) is 18.8 Å². The zero-order valence-electron chi connectivity index (χ0n) is 20.3. The van der Waals surface area contributed by atoms with E-state index in [1.165, 1.54) is 18.9 Å². The molecule has 0 aliphatic heterocycles. The van der Waals surface area contributed by atoms with Gasteiger partial charge in [-0.15, -0.1) is 5.10 Å². The number of nitrogens with one attached hydrogen (secondary N) is 1. The zero-order valence-corrected chi connectivity index (χ0v) is 21.2. The number of carbonyl (C=O) groups is 1. The SMILES string of the molecule is COP(=O)(CNC(Cc1ccc(-c2ccccc2)cc1)C(=O)C(N)Cc1nnnn1CCC#N)OC. The quantitative estimate of drug-likeness (QED) is 0.308. The van der Waals surface area contributed by atoms with Crippen molar-refractivity contribution in [3.8, 4) is 17.2 Å². The molecule has 0 spiro atoms. The molecule has 0 saturated heterocycles. The van der Waals surface area contributed by atoms with Crippen LogP contribution in [0.5, 0.6) is 0 Å². The molecule has 2 atom stereocenters. The second-order valence-corrected chi connectivity index (χ2v) is 10.4. The number of carbonyl (C=O) groups excluding carboxylic acids is 1. The number of nitrogens with zero attached hydrogens (tertiary/aromatic N) is 5. The highest BCUT2D eigenvalue weighted by atomic mass is 31.2. The summed E-state index contributed by atoms with van der Waals surface area (Å²) in [7, 11) is -0.827. The molecule has 36 heavy (non-hydrogen) atoms. The Hall–Kier alpha value is -3.26. The molecule has 0 fully saturated rings. The molecule has 0 aliphatic rings. The van der Waals surface area contributed by atoms with E-state index in [0.717, 1.165) is 16.7 Å². The van der Waals surface area contributed by atoms with Gasteiger partial charge in [-0.3, -0.25) is 14.7 Å². The highest BCUT2D eigenvalue weighted by Gasteiger charge is 2.30. The topological polar surface area (TPSA) is 158 Å². The number of hydrogen-bond donors (Lipinski definition) is 2. The molecule has 0 aliphatic carbocycles. The Morgan fingerprint density at radius 2 is 1.78 bits per heavy atom. The van der Waals surface area contributed by atoms with E-state index in [1.54, 1.807) is 0 Å². The lowest BCUT2D eigenvalue weighted by Gasteiger charge is -2.23. The third-order valence-corrected chi connectivity index (χ3v) is 7.42. The van der Waals surface area contributed by atoms with Crippen molar-refractivity contribution in [2.75, 3.05) is 20.5 Å². The molecular weight excluding hydrogens is 481 g/mol. The van der Waals surface area contributed by atoms with Crippen LogP contribution in [0.1, 0.15) is 17.8 Å². The van der Waals surface area contributed by atoms with Gasteiger partial charge in [-0.05, 0) is 33.5 Å². The molecule has 2 unspecified atom stereocenters. The molecule has 0 amide bonds. The maximum Gasteiger partial charge on any atom is 0.343 e. The molecule has 3 N–H and O–H groups in total. The van der Waals surface area contributed by atoms with Gasteiger partial charge in [0.1, 0.15) is 0 Å². The summed E-state index contributed by atoms with van der Waals surface area (Å²) in [6.45, 7) is 0.306. The maximum atomic E-state index is 13.4. The molecule has 1 aromatic heterocycles. The Balaban J connectivity index is 1.76. The summed E-state index contributed by atoms with van der Waals surface area (Å²) in [5.41, 5.74) is 9.31. The van der Waals surface area contributed by atoms with Gasteiger partial charge in [0.15, 0.2) is 11.6 Å². The first-order chi connectivity index (χ1) is 17.4. The van der Waals surface area contributed by atoms with Crippen molar-refractivity contribution in [2.45, 2.75) is 37.9 Å². The van der Waals surface area contributed by atoms with Crippen LogP contribution in [0.25, 0.3) is 11.1 Å². The monoisotopic (exact) mass is 511 g/mol. The number of nitriles is 1. The minimum Gasteiger partial charge on any atom is -0.321 e. The fourth-order valence-electron chi connectivity index (χ4n) is 3.65. The highest BCUT2D eigenvalue weighted by Crippen LogP contribution is 2.44. The average Bonchev–Trinajstić information content (AvgIpc) is 3.36. The number of hydrogen-bond acceptors (Lipinski definition) is 10. The van der Waals surface area contributed by atoms with Crippen LogP contribution in [0.15, 0.2) is 54.6 Å². The van der Waals surface area contributed by atoms with Gasteiger partial charge in [0, 0.05) is 20.6 Å². The van der Waals surface area contributed by atoms with Crippen LogP contribution in [-0.2, 0) is 37.8 Å². The van der Waals surface area contributed by atoms with E-state index >= 15 is 0 Å². The largest absolute Gasteiger partial charge is 0.343 e. The molecule has 0 saturated carbocycles. The van der Waals surface area contributed by atoms with E-state index in [9.17, 15) is 9.36 Å². The first kappa shape index (κ1) is 27.3. The normalized spacial score (nSPS) is 13.2. The van der Waals surface area contributed by atoms with Crippen molar-refractivity contribution in [2.24, 2.45) is 5.73 Å². The van der Waals surface area contributed by atoms with E-state index in [-0.39, 0.29) is 24.9 Å². The van der Waals surface area contributed by atoms with Crippen molar-refractivity contribution in [1.82, 2.24) is 25.5 Å². The minimum absolute atomic E-state index is 0.0919. The van der Waals surface area contributed by atoms with Crippen molar-refractivity contribution in [3.05, 3.63) is 66.0 Å². The van der Waals surface area contributed by atoms with Gasteiger partial charge in [-0.1, -0.05) is 54.6 Å². The van der Waals surface area contributed by atoms with Crippen LogP contribution in [0.3, 0.4) is 0 Å². The number of aromatic nitrogens is 4. The fourth-order valence-corrected chi connectivity index (χ4v) is 4.50. The Morgan fingerprint density at radius 3 is 2.42 bits per heavy atom. The lowest BCUT2D eigenvalue weighted by atomic mass is 9.95. The lowest BCUT2D eigenvalue weighted by Crippen LogP contribution is -2.48. The number of rotatable bonds is 14. The molecule has 2 aromatic carbocycles. The number of ketones is 1. The summed E-state index contributed by atoms with van der Waals surface area (Å²) in [5.74, 6) is 0.118. The van der Waals surface area contributed by atoms with Gasteiger partial charge < -0.3 is 14.8 Å². The van der Waals surface area contributed by atoms with Gasteiger partial charge >= 0.3 is 7.60 Å². The predicted octanol–water partition coefficient (Wildman–Crippen LogP) is 2.34. The van der Waals surface area contributed by atoms with Gasteiger partial charge in [0.25, 0.3) is 0 Å². The summed E-state index contributed by atoms with van der Waals surface area (Å²) in [6.07, 6.45) is 0.474. The second-order valence-electron chi connectivity index (χ2n) is 8.10. The van der Waals surface area contributed by atoms with Crippen molar-refractivity contribution in [3.63, 3.8) is 0 Å². The van der Waals surface area contributed by atoms with Gasteiger partial charge in [-0.2, -0.15) is 5.26 Å². The first-order valence-electron chi connectivity index (χ1n) is 11.4. The fraction of sp³-hybridized carbons (Fsp3) is 0.375. The number of Topliss-reactive ketones (excluding diaryl/α,β-unsaturated/α-hetero) is 1. The third kappa shape index (κ3) is 7.37. The Kier molecular flexibility index (Phi) is 9.99. The Bertz CT molecular complexity index is 1200. The lowest BCUT2D eigenvalue weighted by molar-refractivity contribution is -0.122. The Morgan fingerprint density at radius 1 is 1.11 bits per heavy atom. The van der Waals surface area contributed by atoms with Gasteiger partial charge in [0.05, 0.1) is 37.4 Å². The van der Waals surface area contributed by atoms with Crippen molar-refractivity contribution in [1.29, 1.82) is 5.26 Å². The molecule has 190 valence electrons. The van der Waals surface area contributed by atoms with E-state index in [1.807, 2.05) is 60.7 Å². The summed E-state index contributed by atoms with van der Waals surface area (Å²) >= 11 is 0. The van der Waals surface area contributed by atoms with Crippen LogP contribution < -0.4 is 11.1 Å². The van der Waals surface area contributed by atoms with Crippen molar-refractivity contribution >= 4 is 13.4 Å². The van der Waals surface area contributed by atoms with E-state index < -0.39 is 19.7 Å². The average molecular weight is 512 g/mol. The summed E-state index contributed by atoms with van der Waals surface area (Å²) in [6, 6.07) is 18.2. The number of benzene rings is 2. The standard InChI is InChI=1S/C24H30N7O4P/c1-34-36(33,35-2)17-27-22(15-18-9-11-20(12-10-18)19-7-4-3-5-8-19)24(32)21(26)16-23-28-29-30-31(23)14-6-13-25/h3-5,7-12,21-22,27H,6,14-17,26H2,1-2H3. The van der Waals surface area contributed by atoms with Crippen LogP contribution in [0.4, 0.5) is 0 Å². The predicted molar refractivity (Wildman–Crippen MR) is 134 cm³/mol. The maximum absolute atomic E-state index is 13.4. The number of nitrogens with two attached hydrogens (primary N) is 1. The van der Waals surface area contributed by atoms with Gasteiger partial charge in [0.2, 0.25) is 0 Å². The van der Waals surface area contributed by atoms with Crippen LogP contribution in [-0.4, -0.2) is 58.6 Å². The molecular formula is C24H30N7O4P. The molecule has 11 nitrogen and oxygen atoms in total. The number of aryl methyl sites for hydroxylation is 1. The van der Waals surface area contributed by atoms with E-state index in [4.69, 9.17) is 20.0 Å². The van der Waals surface area contributed by atoms with Crippen molar-refractivity contribution < 1.29 is 18.4 Å². The van der Waals surface area contributed by atoms with Crippen LogP contribution >= 0.6 is 7.60 Å². The highest BCUT2D eigenvalue weighted by molar-refractivity contribution is 7.53. The third-order valence-electron chi connectivity index (χ3n) is 5.74. The molecule has 3 aromatic rings. The van der Waals surface area contributed by atoms with Crippen LogP contribution in [0, 0.1) is 11.3 Å². The van der Waals surface area contributed by atoms with E-state index in [2.05, 4.69) is 20.8 Å². The zero-order chi connectivity index (χ0) is 26.0. The molecule has 1 heterocycles. The smallest absolute Gasteiger partial charge is 0.321 e. The second kappa shape index (κ2) is 13.2. The summed E-state index contributed by atoms with van der Waals surface area (Å²) in [5, 5.41) is 23.3. The van der Waals surface area contributed by atoms with Crippen LogP contribution in [0.2, 0.25) is 0 Å². The molecule has 12 heteroatoms. The summed E-state index contributed by atoms with van der Waals surface area (Å²) < 4.78 is 24.1. The molecule has 3 rings (SSSR count). The minimum atomic E-state index is -3.41. The number of tetrazole rings is 1. The first-order valence-corrected chi connectivity index (χ1v) is 13.1. The summed E-state index contributed by atoms with van der Waals surface area (Å²) in [4.78, 5) is 13.4. The Labute approximate surface area is 210 Å².